The highest BCUT2D eigenvalue weighted by molar-refractivity contribution is 7.99. The number of anilines is 1. The van der Waals surface area contributed by atoms with Gasteiger partial charge in [-0.25, -0.2) is 0 Å². The third kappa shape index (κ3) is 3.97. The molecule has 0 radical (unpaired) electrons. The summed E-state index contributed by atoms with van der Waals surface area (Å²) in [6.45, 7) is 1.86. The van der Waals surface area contributed by atoms with Crippen molar-refractivity contribution in [3.05, 3.63) is 95.1 Å². The summed E-state index contributed by atoms with van der Waals surface area (Å²) in [4.78, 5) is 16.8. The van der Waals surface area contributed by atoms with E-state index in [1.54, 1.807) is 0 Å². The number of thioether (sulfide) groups is 1. The predicted octanol–water partition coefficient (Wildman–Crippen LogP) is 5.61. The molecule has 0 fully saturated rings. The lowest BCUT2D eigenvalue weighted by Crippen LogP contribution is -2.32. The van der Waals surface area contributed by atoms with Crippen LogP contribution in [-0.2, 0) is 13.0 Å². The van der Waals surface area contributed by atoms with E-state index in [0.717, 1.165) is 43.7 Å². The molecule has 4 heteroatoms. The molecule has 3 nitrogen and oxygen atoms in total. The lowest BCUT2D eigenvalue weighted by molar-refractivity contribution is 0.0932. The van der Waals surface area contributed by atoms with Gasteiger partial charge in [0.1, 0.15) is 0 Å². The number of nitrogens with zero attached hydrogens (tertiary/aromatic N) is 1. The van der Waals surface area contributed by atoms with Crippen LogP contribution in [-0.4, -0.2) is 18.2 Å². The highest BCUT2D eigenvalue weighted by atomic mass is 32.2. The van der Waals surface area contributed by atoms with Crippen LogP contribution in [0.4, 0.5) is 5.69 Å². The number of rotatable bonds is 4. The van der Waals surface area contributed by atoms with Gasteiger partial charge in [-0.2, -0.15) is 0 Å². The fourth-order valence-corrected chi connectivity index (χ4v) is 5.56. The Balaban J connectivity index is 1.37. The van der Waals surface area contributed by atoms with Crippen molar-refractivity contribution in [2.24, 2.45) is 0 Å². The molecular formula is C26H26N2OS. The highest BCUT2D eigenvalue weighted by Crippen LogP contribution is 2.36. The molecule has 1 heterocycles. The molecule has 0 saturated carbocycles. The second-order valence-electron chi connectivity index (χ2n) is 8.06. The minimum atomic E-state index is 0.0229. The van der Waals surface area contributed by atoms with Crippen molar-refractivity contribution in [3.63, 3.8) is 0 Å². The van der Waals surface area contributed by atoms with E-state index in [4.69, 9.17) is 0 Å². The largest absolute Gasteiger partial charge is 0.365 e. The van der Waals surface area contributed by atoms with Crippen molar-refractivity contribution < 1.29 is 4.79 Å². The Bertz CT molecular complexity index is 1050. The minimum Gasteiger partial charge on any atom is -0.365 e. The van der Waals surface area contributed by atoms with Gasteiger partial charge < -0.3 is 10.2 Å². The number of benzene rings is 3. The third-order valence-corrected chi connectivity index (χ3v) is 7.11. The van der Waals surface area contributed by atoms with Crippen LogP contribution in [0.1, 0.15) is 45.9 Å². The van der Waals surface area contributed by atoms with Gasteiger partial charge in [0.2, 0.25) is 0 Å². The molecule has 30 heavy (non-hydrogen) atoms. The van der Waals surface area contributed by atoms with Crippen LogP contribution in [0.2, 0.25) is 0 Å². The van der Waals surface area contributed by atoms with E-state index in [0.29, 0.717) is 0 Å². The molecule has 152 valence electrons. The van der Waals surface area contributed by atoms with Gasteiger partial charge in [0, 0.05) is 29.3 Å². The zero-order valence-electron chi connectivity index (χ0n) is 17.0. The van der Waals surface area contributed by atoms with Crippen LogP contribution in [0.25, 0.3) is 0 Å². The first kappa shape index (κ1) is 19.3. The van der Waals surface area contributed by atoms with Gasteiger partial charge in [0.25, 0.3) is 5.91 Å². The van der Waals surface area contributed by atoms with Crippen molar-refractivity contribution in [3.8, 4) is 0 Å². The molecule has 3 aromatic rings. The molecule has 5 rings (SSSR count). The Hall–Kier alpha value is -2.72. The zero-order chi connectivity index (χ0) is 20.3. The van der Waals surface area contributed by atoms with E-state index in [9.17, 15) is 4.79 Å². The number of nitrogens with one attached hydrogen (secondary N) is 1. The van der Waals surface area contributed by atoms with Crippen molar-refractivity contribution >= 4 is 23.4 Å². The second kappa shape index (κ2) is 8.57. The molecule has 1 atom stereocenters. The Labute approximate surface area is 182 Å². The molecule has 1 N–H and O–H groups in total. The van der Waals surface area contributed by atoms with E-state index in [1.807, 2.05) is 17.8 Å². The Morgan fingerprint density at radius 2 is 1.87 bits per heavy atom. The smallest absolute Gasteiger partial charge is 0.251 e. The van der Waals surface area contributed by atoms with Crippen molar-refractivity contribution in [2.75, 3.05) is 17.2 Å². The standard InChI is InChI=1S/C26H26N2OS/c29-26(27-23-12-6-10-20-9-4-5-11-22(20)23)21-13-14-25-24(17-21)28(15-16-30-25)18-19-7-2-1-3-8-19/h1-5,7-9,11,13-14,17,23H,6,10,12,15-16,18H2,(H,27,29)/t23-/m0/s1. The van der Waals surface area contributed by atoms with Gasteiger partial charge in [-0.3, -0.25) is 4.79 Å². The Morgan fingerprint density at radius 1 is 1.03 bits per heavy atom. The topological polar surface area (TPSA) is 32.3 Å². The summed E-state index contributed by atoms with van der Waals surface area (Å²) in [5.74, 6) is 1.10. The third-order valence-electron chi connectivity index (χ3n) is 6.07. The SMILES string of the molecule is O=C(N[C@H]1CCCc2ccccc21)c1ccc2c(c1)N(Cc1ccccc1)CCS2. The van der Waals surface area contributed by atoms with Crippen LogP contribution in [0.3, 0.4) is 0 Å². The Morgan fingerprint density at radius 3 is 2.77 bits per heavy atom. The summed E-state index contributed by atoms with van der Waals surface area (Å²) >= 11 is 1.88. The average molecular weight is 415 g/mol. The van der Waals surface area contributed by atoms with Crippen LogP contribution >= 0.6 is 11.8 Å². The number of carbonyl (C=O) groups is 1. The molecule has 0 unspecified atom stereocenters. The summed E-state index contributed by atoms with van der Waals surface area (Å²) in [7, 11) is 0. The lowest BCUT2D eigenvalue weighted by atomic mass is 9.87. The van der Waals surface area contributed by atoms with E-state index >= 15 is 0 Å². The summed E-state index contributed by atoms with van der Waals surface area (Å²) in [6.07, 6.45) is 3.23. The van der Waals surface area contributed by atoms with Gasteiger partial charge >= 0.3 is 0 Å². The van der Waals surface area contributed by atoms with E-state index in [2.05, 4.69) is 76.9 Å². The maximum absolute atomic E-state index is 13.1. The van der Waals surface area contributed by atoms with Gasteiger partial charge in [-0.1, -0.05) is 54.6 Å². The fourth-order valence-electron chi connectivity index (χ4n) is 4.53. The highest BCUT2D eigenvalue weighted by Gasteiger charge is 2.24. The number of amides is 1. The van der Waals surface area contributed by atoms with E-state index in [1.165, 1.54) is 27.3 Å². The van der Waals surface area contributed by atoms with Crippen LogP contribution in [0.15, 0.2) is 77.7 Å². The molecule has 1 aliphatic heterocycles. The lowest BCUT2D eigenvalue weighted by Gasteiger charge is -2.31. The molecule has 0 spiro atoms. The van der Waals surface area contributed by atoms with Crippen LogP contribution in [0, 0.1) is 0 Å². The van der Waals surface area contributed by atoms with Gasteiger partial charge in [0.15, 0.2) is 0 Å². The molecule has 1 amide bonds. The fraction of sp³-hybridized carbons (Fsp3) is 0.269. The second-order valence-corrected chi connectivity index (χ2v) is 9.19. The number of hydrogen-bond donors (Lipinski definition) is 1. The summed E-state index contributed by atoms with van der Waals surface area (Å²) in [6, 6.07) is 25.3. The number of carbonyl (C=O) groups excluding carboxylic acids is 1. The monoisotopic (exact) mass is 414 g/mol. The number of fused-ring (bicyclic) bond motifs is 2. The number of aryl methyl sites for hydroxylation is 1. The van der Waals surface area contributed by atoms with Crippen LogP contribution in [0.5, 0.6) is 0 Å². The number of hydrogen-bond acceptors (Lipinski definition) is 3. The first-order valence-corrected chi connectivity index (χ1v) is 11.7. The van der Waals surface area contributed by atoms with Gasteiger partial charge in [-0.05, 0) is 54.2 Å². The summed E-state index contributed by atoms with van der Waals surface area (Å²) in [5, 5.41) is 3.30. The van der Waals surface area contributed by atoms with Gasteiger partial charge in [0.05, 0.1) is 11.7 Å². The van der Waals surface area contributed by atoms with Crippen molar-refractivity contribution in [2.45, 2.75) is 36.7 Å². The molecule has 2 aliphatic rings. The normalized spacial score (nSPS) is 17.7. The molecular weight excluding hydrogens is 388 g/mol. The predicted molar refractivity (Wildman–Crippen MR) is 124 cm³/mol. The molecule has 0 bridgehead atoms. The Kier molecular flexibility index (Phi) is 5.50. The average Bonchev–Trinajstić information content (AvgIpc) is 2.80. The maximum atomic E-state index is 13.1. The molecule has 1 aliphatic carbocycles. The maximum Gasteiger partial charge on any atom is 0.251 e. The zero-order valence-corrected chi connectivity index (χ0v) is 17.8. The van der Waals surface area contributed by atoms with Crippen molar-refractivity contribution in [1.29, 1.82) is 0 Å². The first-order chi connectivity index (χ1) is 14.8. The van der Waals surface area contributed by atoms with E-state index in [-0.39, 0.29) is 11.9 Å². The van der Waals surface area contributed by atoms with E-state index < -0.39 is 0 Å². The minimum absolute atomic E-state index is 0.0229. The van der Waals surface area contributed by atoms with Crippen molar-refractivity contribution in [1.82, 2.24) is 5.32 Å². The molecule has 0 aromatic heterocycles. The van der Waals surface area contributed by atoms with Crippen LogP contribution < -0.4 is 10.2 Å². The summed E-state index contributed by atoms with van der Waals surface area (Å²) in [5.41, 5.74) is 5.86. The first-order valence-electron chi connectivity index (χ1n) is 10.7. The quantitative estimate of drug-likeness (QED) is 0.603. The summed E-state index contributed by atoms with van der Waals surface area (Å²) < 4.78 is 0. The molecule has 0 saturated heterocycles. The van der Waals surface area contributed by atoms with Gasteiger partial charge in [-0.15, -0.1) is 11.8 Å². The molecule has 3 aromatic carbocycles.